The van der Waals surface area contributed by atoms with Gasteiger partial charge >= 0.3 is 0 Å². The first-order chi connectivity index (χ1) is 13.9. The van der Waals surface area contributed by atoms with Crippen molar-refractivity contribution in [1.82, 2.24) is 4.90 Å². The Morgan fingerprint density at radius 3 is 2.28 bits per heavy atom. The summed E-state index contributed by atoms with van der Waals surface area (Å²) in [5, 5.41) is 3.37. The van der Waals surface area contributed by atoms with Gasteiger partial charge < -0.3 is 10.2 Å². The molecule has 4 nitrogen and oxygen atoms in total. The van der Waals surface area contributed by atoms with E-state index < -0.39 is 0 Å². The maximum Gasteiger partial charge on any atom is 0.267 e. The van der Waals surface area contributed by atoms with Crippen LogP contribution in [0.1, 0.15) is 30.5 Å². The number of hydrogen-bond donors (Lipinski definition) is 1. The summed E-state index contributed by atoms with van der Waals surface area (Å²) in [7, 11) is 0. The molecule has 1 aliphatic heterocycles. The van der Waals surface area contributed by atoms with Crippen molar-refractivity contribution in [1.29, 1.82) is 0 Å². The molecule has 0 radical (unpaired) electrons. The Hall–Kier alpha value is -2.31. The van der Waals surface area contributed by atoms with Gasteiger partial charge in [-0.2, -0.15) is 0 Å². The van der Waals surface area contributed by atoms with E-state index in [1.807, 2.05) is 12.1 Å². The first-order valence-electron chi connectivity index (χ1n) is 9.85. The van der Waals surface area contributed by atoms with E-state index in [-0.39, 0.29) is 5.91 Å². The van der Waals surface area contributed by atoms with Gasteiger partial charge in [-0.3, -0.25) is 9.69 Å². The highest BCUT2D eigenvalue weighted by Gasteiger charge is 2.31. The fourth-order valence-electron chi connectivity index (χ4n) is 3.41. The van der Waals surface area contributed by atoms with Crippen LogP contribution >= 0.6 is 24.0 Å². The number of nitrogens with one attached hydrogen (secondary N) is 1. The topological polar surface area (TPSA) is 35.6 Å². The molecule has 0 atom stereocenters. The number of hydrogen-bond acceptors (Lipinski definition) is 5. The number of amides is 1. The smallest absolute Gasteiger partial charge is 0.267 e. The van der Waals surface area contributed by atoms with Crippen LogP contribution in [-0.4, -0.2) is 34.9 Å². The standard InChI is InChI=1S/C23H27N3OS2/c1-5-25(6-2)19-12-10-18(11-13-19)14-20-22(27)26(23(28)29-20)15-24-21-16(3)8-7-9-17(21)4/h7-14,24H,5-6,15H2,1-4H3. The van der Waals surface area contributed by atoms with Gasteiger partial charge in [-0.1, -0.05) is 54.3 Å². The predicted octanol–water partition coefficient (Wildman–Crippen LogP) is 5.42. The van der Waals surface area contributed by atoms with E-state index in [2.05, 4.69) is 74.3 Å². The zero-order chi connectivity index (χ0) is 21.0. The van der Waals surface area contributed by atoms with Crippen molar-refractivity contribution in [3.8, 4) is 0 Å². The average molecular weight is 426 g/mol. The normalized spacial score (nSPS) is 15.3. The molecule has 6 heteroatoms. The molecule has 1 fully saturated rings. The number of carbonyl (C=O) groups is 1. The van der Waals surface area contributed by atoms with Crippen LogP contribution in [0.15, 0.2) is 47.4 Å². The number of rotatable bonds is 7. The molecular formula is C23H27N3OS2. The lowest BCUT2D eigenvalue weighted by Crippen LogP contribution is -2.33. The molecule has 0 unspecified atom stereocenters. The number of thiocarbonyl (C=S) groups is 1. The SMILES string of the molecule is CCN(CC)c1ccc(C=C2SC(=S)N(CNc3c(C)cccc3C)C2=O)cc1. The summed E-state index contributed by atoms with van der Waals surface area (Å²) in [5.41, 5.74) is 5.55. The highest BCUT2D eigenvalue weighted by atomic mass is 32.2. The van der Waals surface area contributed by atoms with Crippen LogP contribution in [0.25, 0.3) is 6.08 Å². The molecule has 1 saturated heterocycles. The van der Waals surface area contributed by atoms with Crippen LogP contribution in [0.3, 0.4) is 0 Å². The molecule has 1 heterocycles. The maximum absolute atomic E-state index is 12.9. The van der Waals surface area contributed by atoms with Crippen molar-refractivity contribution in [3.05, 3.63) is 64.1 Å². The van der Waals surface area contributed by atoms with Crippen LogP contribution in [0.5, 0.6) is 0 Å². The van der Waals surface area contributed by atoms with Crippen molar-refractivity contribution in [3.63, 3.8) is 0 Å². The van der Waals surface area contributed by atoms with Gasteiger partial charge in [0, 0.05) is 24.5 Å². The first kappa shape index (κ1) is 21.4. The van der Waals surface area contributed by atoms with Crippen molar-refractivity contribution < 1.29 is 4.79 Å². The number of benzene rings is 2. The molecule has 29 heavy (non-hydrogen) atoms. The summed E-state index contributed by atoms with van der Waals surface area (Å²) >= 11 is 6.82. The zero-order valence-electron chi connectivity index (χ0n) is 17.4. The zero-order valence-corrected chi connectivity index (χ0v) is 19.0. The average Bonchev–Trinajstić information content (AvgIpc) is 2.97. The molecular weight excluding hydrogens is 398 g/mol. The first-order valence-corrected chi connectivity index (χ1v) is 11.1. The second-order valence-electron chi connectivity index (χ2n) is 6.98. The molecule has 0 saturated carbocycles. The number of para-hydroxylation sites is 1. The number of aryl methyl sites for hydroxylation is 2. The van der Waals surface area contributed by atoms with Gasteiger partial charge in [-0.15, -0.1) is 0 Å². The second-order valence-corrected chi connectivity index (χ2v) is 8.65. The van der Waals surface area contributed by atoms with E-state index in [0.717, 1.165) is 35.5 Å². The van der Waals surface area contributed by atoms with Gasteiger partial charge in [-0.25, -0.2) is 0 Å². The summed E-state index contributed by atoms with van der Waals surface area (Å²) < 4.78 is 0.583. The Labute approximate surface area is 183 Å². The van der Waals surface area contributed by atoms with Gasteiger partial charge in [-0.05, 0) is 62.6 Å². The minimum absolute atomic E-state index is 0.0495. The Morgan fingerprint density at radius 1 is 1.07 bits per heavy atom. The van der Waals surface area contributed by atoms with Crippen LogP contribution < -0.4 is 10.2 Å². The lowest BCUT2D eigenvalue weighted by molar-refractivity contribution is -0.121. The molecule has 152 valence electrons. The predicted molar refractivity (Wildman–Crippen MR) is 129 cm³/mol. The summed E-state index contributed by atoms with van der Waals surface area (Å²) in [6.07, 6.45) is 1.92. The summed E-state index contributed by atoms with van der Waals surface area (Å²) in [4.78, 5) is 17.5. The van der Waals surface area contributed by atoms with Crippen LogP contribution in [0, 0.1) is 13.8 Å². The third kappa shape index (κ3) is 4.82. The molecule has 2 aromatic carbocycles. The molecule has 0 bridgehead atoms. The van der Waals surface area contributed by atoms with Gasteiger partial charge in [0.05, 0.1) is 11.6 Å². The molecule has 0 aromatic heterocycles. The summed E-state index contributed by atoms with van der Waals surface area (Å²) in [6.45, 7) is 10.7. The van der Waals surface area contributed by atoms with Crippen molar-refractivity contribution in [2.45, 2.75) is 27.7 Å². The van der Waals surface area contributed by atoms with Crippen LogP contribution in [0.2, 0.25) is 0 Å². The van der Waals surface area contributed by atoms with E-state index in [1.165, 1.54) is 17.4 Å². The fraction of sp³-hybridized carbons (Fsp3) is 0.304. The molecule has 2 aromatic rings. The Bertz CT molecular complexity index is 913. The largest absolute Gasteiger partial charge is 0.372 e. The minimum Gasteiger partial charge on any atom is -0.372 e. The monoisotopic (exact) mass is 425 g/mol. The highest BCUT2D eigenvalue weighted by Crippen LogP contribution is 2.33. The Kier molecular flexibility index (Phi) is 6.98. The Balaban J connectivity index is 1.71. The van der Waals surface area contributed by atoms with E-state index in [9.17, 15) is 4.79 Å². The van der Waals surface area contributed by atoms with Crippen molar-refractivity contribution >= 4 is 51.7 Å². The molecule has 1 amide bonds. The molecule has 0 aliphatic carbocycles. The Morgan fingerprint density at radius 2 is 1.69 bits per heavy atom. The second kappa shape index (κ2) is 9.46. The van der Waals surface area contributed by atoms with Gasteiger partial charge in [0.1, 0.15) is 4.32 Å². The van der Waals surface area contributed by atoms with Crippen molar-refractivity contribution in [2.24, 2.45) is 0 Å². The number of carbonyl (C=O) groups excluding carboxylic acids is 1. The highest BCUT2D eigenvalue weighted by molar-refractivity contribution is 8.26. The van der Waals surface area contributed by atoms with E-state index in [0.29, 0.717) is 15.9 Å². The van der Waals surface area contributed by atoms with Gasteiger partial charge in [0.2, 0.25) is 0 Å². The minimum atomic E-state index is -0.0495. The molecule has 3 rings (SSSR count). The third-order valence-corrected chi connectivity index (χ3v) is 6.47. The fourth-order valence-corrected chi connectivity index (χ4v) is 4.66. The van der Waals surface area contributed by atoms with E-state index >= 15 is 0 Å². The number of nitrogens with zero attached hydrogens (tertiary/aromatic N) is 2. The van der Waals surface area contributed by atoms with Gasteiger partial charge in [0.15, 0.2) is 0 Å². The molecule has 1 aliphatic rings. The van der Waals surface area contributed by atoms with Crippen LogP contribution in [0.4, 0.5) is 11.4 Å². The number of anilines is 2. The lowest BCUT2D eigenvalue weighted by atomic mass is 10.1. The van der Waals surface area contributed by atoms with Crippen LogP contribution in [-0.2, 0) is 4.79 Å². The molecule has 0 spiro atoms. The quantitative estimate of drug-likeness (QED) is 0.473. The molecule has 1 N–H and O–H groups in total. The lowest BCUT2D eigenvalue weighted by Gasteiger charge is -2.20. The van der Waals surface area contributed by atoms with Gasteiger partial charge in [0.25, 0.3) is 5.91 Å². The number of thioether (sulfide) groups is 1. The van der Waals surface area contributed by atoms with E-state index in [4.69, 9.17) is 12.2 Å². The summed E-state index contributed by atoms with van der Waals surface area (Å²) in [5.74, 6) is -0.0495. The maximum atomic E-state index is 12.9. The third-order valence-electron chi connectivity index (χ3n) is 5.09. The summed E-state index contributed by atoms with van der Waals surface area (Å²) in [6, 6.07) is 14.4. The van der Waals surface area contributed by atoms with E-state index in [1.54, 1.807) is 4.90 Å². The van der Waals surface area contributed by atoms with Crippen molar-refractivity contribution in [2.75, 3.05) is 30.0 Å².